The maximum atomic E-state index is 4.26. The van der Waals surface area contributed by atoms with Crippen LogP contribution >= 0.6 is 23.5 Å². The Kier molecular flexibility index (Phi) is 16.4. The van der Waals surface area contributed by atoms with E-state index in [0.29, 0.717) is 5.92 Å². The lowest BCUT2D eigenvalue weighted by molar-refractivity contribution is 0.705. The normalized spacial score (nSPS) is 11.3. The van der Waals surface area contributed by atoms with E-state index in [0.717, 1.165) is 0 Å². The summed E-state index contributed by atoms with van der Waals surface area (Å²) in [6.45, 7) is 8.81. The summed E-state index contributed by atoms with van der Waals surface area (Å²) in [4.78, 5) is 0. The molecule has 0 fully saturated rings. The zero-order valence-corrected chi connectivity index (χ0v) is 14.2. The summed E-state index contributed by atoms with van der Waals surface area (Å²) in [5.74, 6) is 5.85. The van der Waals surface area contributed by atoms with Crippen LogP contribution in [0.4, 0.5) is 0 Å². The first-order valence-electron chi connectivity index (χ1n) is 7.79. The molecule has 2 heteroatoms. The van der Waals surface area contributed by atoms with Crippen molar-refractivity contribution in [2.75, 3.05) is 23.0 Å². The van der Waals surface area contributed by atoms with Gasteiger partial charge in [-0.25, -0.2) is 0 Å². The van der Waals surface area contributed by atoms with Gasteiger partial charge in [-0.15, -0.1) is 0 Å². The van der Waals surface area contributed by atoms with Crippen LogP contribution in [-0.2, 0) is 0 Å². The molecule has 0 atom stereocenters. The average molecular weight is 290 g/mol. The fourth-order valence-corrected chi connectivity index (χ4v) is 4.01. The van der Waals surface area contributed by atoms with Crippen molar-refractivity contribution in [3.8, 4) is 0 Å². The third-order valence-electron chi connectivity index (χ3n) is 2.99. The Balaban J connectivity index is 3.10. The minimum absolute atomic E-state index is 0.650. The molecule has 0 bridgehead atoms. The third kappa shape index (κ3) is 14.8. The monoisotopic (exact) mass is 289 g/mol. The molecular weight excluding hydrogens is 256 g/mol. The standard InChI is InChI=1S/C16H33S2/c1-4-6-8-10-12-17-14-16(3)15-18-13-11-9-7-5-2/h16H,3-15H2,1-2H3. The Hall–Kier alpha value is 0.700. The van der Waals surface area contributed by atoms with Crippen molar-refractivity contribution in [3.05, 3.63) is 6.92 Å². The van der Waals surface area contributed by atoms with Gasteiger partial charge in [0.2, 0.25) is 0 Å². The van der Waals surface area contributed by atoms with E-state index >= 15 is 0 Å². The molecule has 0 aromatic heterocycles. The minimum Gasteiger partial charge on any atom is -0.162 e. The van der Waals surface area contributed by atoms with Crippen LogP contribution in [0, 0.1) is 12.8 Å². The second kappa shape index (κ2) is 15.8. The summed E-state index contributed by atoms with van der Waals surface area (Å²) in [6.07, 6.45) is 11.1. The van der Waals surface area contributed by atoms with Crippen LogP contribution in [0.15, 0.2) is 0 Å². The summed E-state index contributed by atoms with van der Waals surface area (Å²) < 4.78 is 0. The van der Waals surface area contributed by atoms with Gasteiger partial charge in [0.15, 0.2) is 0 Å². The molecule has 0 aliphatic rings. The molecule has 0 saturated carbocycles. The van der Waals surface area contributed by atoms with E-state index in [9.17, 15) is 0 Å². The summed E-state index contributed by atoms with van der Waals surface area (Å²) in [5.41, 5.74) is 0. The largest absolute Gasteiger partial charge is 0.162 e. The lowest BCUT2D eigenvalue weighted by Gasteiger charge is -2.10. The zero-order valence-electron chi connectivity index (χ0n) is 12.6. The van der Waals surface area contributed by atoms with Crippen molar-refractivity contribution in [3.63, 3.8) is 0 Å². The third-order valence-corrected chi connectivity index (χ3v) is 5.56. The number of hydrogen-bond acceptors (Lipinski definition) is 2. The molecule has 0 rings (SSSR count). The van der Waals surface area contributed by atoms with E-state index in [-0.39, 0.29) is 0 Å². The number of thioether (sulfide) groups is 2. The van der Waals surface area contributed by atoms with Crippen LogP contribution in [0.1, 0.15) is 65.2 Å². The fourth-order valence-electron chi connectivity index (χ4n) is 1.81. The van der Waals surface area contributed by atoms with E-state index in [2.05, 4.69) is 44.3 Å². The van der Waals surface area contributed by atoms with E-state index in [4.69, 9.17) is 0 Å². The van der Waals surface area contributed by atoms with Crippen molar-refractivity contribution in [1.29, 1.82) is 0 Å². The quantitative estimate of drug-likeness (QED) is 0.356. The van der Waals surface area contributed by atoms with Gasteiger partial charge in [-0.05, 0) is 48.7 Å². The fraction of sp³-hybridized carbons (Fsp3) is 0.938. The molecule has 0 heterocycles. The van der Waals surface area contributed by atoms with Gasteiger partial charge in [0, 0.05) is 0 Å². The molecule has 0 amide bonds. The molecule has 1 radical (unpaired) electrons. The Morgan fingerprint density at radius 2 is 1.17 bits per heavy atom. The zero-order chi connectivity index (χ0) is 13.5. The van der Waals surface area contributed by atoms with Gasteiger partial charge in [0.05, 0.1) is 0 Å². The van der Waals surface area contributed by atoms with Crippen molar-refractivity contribution in [1.82, 2.24) is 0 Å². The van der Waals surface area contributed by atoms with Crippen molar-refractivity contribution >= 4 is 23.5 Å². The highest BCUT2D eigenvalue weighted by Crippen LogP contribution is 2.17. The van der Waals surface area contributed by atoms with Crippen LogP contribution < -0.4 is 0 Å². The van der Waals surface area contributed by atoms with Gasteiger partial charge in [-0.3, -0.25) is 0 Å². The molecule has 0 spiro atoms. The Bertz CT molecular complexity index is 132. The predicted octanol–water partition coefficient (Wildman–Crippen LogP) is 6.06. The van der Waals surface area contributed by atoms with Crippen LogP contribution in [0.5, 0.6) is 0 Å². The van der Waals surface area contributed by atoms with Gasteiger partial charge >= 0.3 is 0 Å². The lowest BCUT2D eigenvalue weighted by Crippen LogP contribution is -2.03. The molecule has 0 aliphatic heterocycles. The number of hydrogen-bond donors (Lipinski definition) is 0. The summed E-state index contributed by atoms with van der Waals surface area (Å²) >= 11 is 4.22. The van der Waals surface area contributed by atoms with E-state index in [1.807, 2.05) is 0 Å². The maximum absolute atomic E-state index is 4.26. The molecule has 0 aromatic carbocycles. The Morgan fingerprint density at radius 1 is 0.722 bits per heavy atom. The molecule has 109 valence electrons. The molecule has 0 saturated heterocycles. The topological polar surface area (TPSA) is 0 Å². The van der Waals surface area contributed by atoms with Crippen LogP contribution in [0.25, 0.3) is 0 Å². The number of rotatable bonds is 14. The molecule has 0 aliphatic carbocycles. The molecule has 0 aromatic rings. The molecule has 0 N–H and O–H groups in total. The van der Waals surface area contributed by atoms with E-state index in [1.54, 1.807) is 0 Å². The maximum Gasteiger partial charge on any atom is -0.00313 e. The Labute approximate surface area is 124 Å². The first-order chi connectivity index (χ1) is 8.81. The van der Waals surface area contributed by atoms with Gasteiger partial charge in [0.25, 0.3) is 0 Å². The first kappa shape index (κ1) is 18.7. The second-order valence-electron chi connectivity index (χ2n) is 5.14. The average Bonchev–Trinajstić information content (AvgIpc) is 2.38. The molecular formula is C16H33S2. The SMILES string of the molecule is [CH2]C(CSCCCCCC)CSCCCCCC. The highest BCUT2D eigenvalue weighted by Gasteiger charge is 2.02. The summed E-state index contributed by atoms with van der Waals surface area (Å²) in [6, 6.07) is 0. The van der Waals surface area contributed by atoms with Gasteiger partial charge < -0.3 is 0 Å². The highest BCUT2D eigenvalue weighted by molar-refractivity contribution is 8.00. The van der Waals surface area contributed by atoms with E-state index in [1.165, 1.54) is 74.4 Å². The lowest BCUT2D eigenvalue weighted by atomic mass is 10.2. The smallest absolute Gasteiger partial charge is 0.00313 e. The van der Waals surface area contributed by atoms with Crippen LogP contribution in [-0.4, -0.2) is 23.0 Å². The second-order valence-corrected chi connectivity index (χ2v) is 7.44. The molecule has 18 heavy (non-hydrogen) atoms. The minimum atomic E-state index is 0.650. The van der Waals surface area contributed by atoms with Crippen molar-refractivity contribution in [2.24, 2.45) is 5.92 Å². The summed E-state index contributed by atoms with van der Waals surface area (Å²) in [5, 5.41) is 0. The van der Waals surface area contributed by atoms with Gasteiger partial charge in [0.1, 0.15) is 0 Å². The van der Waals surface area contributed by atoms with Crippen LogP contribution in [0.3, 0.4) is 0 Å². The summed E-state index contributed by atoms with van der Waals surface area (Å²) in [7, 11) is 0. The first-order valence-corrected chi connectivity index (χ1v) is 10.1. The highest BCUT2D eigenvalue weighted by atomic mass is 32.2. The molecule has 0 nitrogen and oxygen atoms in total. The number of unbranched alkanes of at least 4 members (excludes halogenated alkanes) is 6. The van der Waals surface area contributed by atoms with Crippen molar-refractivity contribution < 1.29 is 0 Å². The van der Waals surface area contributed by atoms with Gasteiger partial charge in [-0.2, -0.15) is 23.5 Å². The predicted molar refractivity (Wildman–Crippen MR) is 91.8 cm³/mol. The molecule has 0 unspecified atom stereocenters. The van der Waals surface area contributed by atoms with Crippen molar-refractivity contribution in [2.45, 2.75) is 65.2 Å². The Morgan fingerprint density at radius 3 is 1.56 bits per heavy atom. The van der Waals surface area contributed by atoms with Gasteiger partial charge in [-0.1, -0.05) is 52.4 Å². The van der Waals surface area contributed by atoms with E-state index < -0.39 is 0 Å². The van der Waals surface area contributed by atoms with Crippen LogP contribution in [0.2, 0.25) is 0 Å².